The molecule has 2 aromatic rings. The number of rotatable bonds is 6. The van der Waals surface area contributed by atoms with E-state index in [2.05, 4.69) is 21.2 Å². The second kappa shape index (κ2) is 8.61. The number of carbonyl (C=O) groups excluding carboxylic acids is 2. The molecule has 0 aliphatic rings. The van der Waals surface area contributed by atoms with Crippen LogP contribution < -0.4 is 14.8 Å². The van der Waals surface area contributed by atoms with Gasteiger partial charge >= 0.3 is 5.97 Å². The normalized spacial score (nSPS) is 10.2. The van der Waals surface area contributed by atoms with Crippen LogP contribution in [-0.4, -0.2) is 32.7 Å². The molecule has 6 nitrogen and oxygen atoms in total. The van der Waals surface area contributed by atoms with Crippen LogP contribution in [0, 0.1) is 11.6 Å². The van der Waals surface area contributed by atoms with E-state index >= 15 is 0 Å². The molecule has 2 aromatic carbocycles. The third-order valence-corrected chi connectivity index (χ3v) is 3.94. The summed E-state index contributed by atoms with van der Waals surface area (Å²) in [4.78, 5) is 23.9. The number of halogens is 3. The third kappa shape index (κ3) is 4.92. The average molecular weight is 430 g/mol. The number of hydrogen-bond acceptors (Lipinski definition) is 5. The molecule has 1 amide bonds. The lowest BCUT2D eigenvalue weighted by molar-refractivity contribution is -0.119. The Balaban J connectivity index is 2.03. The first-order valence-electron chi connectivity index (χ1n) is 7.18. The van der Waals surface area contributed by atoms with Crippen LogP contribution in [0.1, 0.15) is 10.4 Å². The van der Waals surface area contributed by atoms with Gasteiger partial charge in [0.2, 0.25) is 0 Å². The van der Waals surface area contributed by atoms with Gasteiger partial charge in [-0.1, -0.05) is 0 Å². The molecule has 26 heavy (non-hydrogen) atoms. The molecule has 0 heterocycles. The number of benzene rings is 2. The quantitative estimate of drug-likeness (QED) is 0.710. The number of amides is 1. The van der Waals surface area contributed by atoms with Crippen LogP contribution in [0.5, 0.6) is 11.5 Å². The van der Waals surface area contributed by atoms with Crippen molar-refractivity contribution in [2.24, 2.45) is 0 Å². The molecule has 1 N–H and O–H groups in total. The molecular formula is C17H14BrF2NO5. The molecule has 0 aliphatic carbocycles. The first kappa shape index (κ1) is 19.6. The summed E-state index contributed by atoms with van der Waals surface area (Å²) in [6, 6.07) is 5.37. The highest BCUT2D eigenvalue weighted by atomic mass is 79.9. The number of hydrogen-bond donors (Lipinski definition) is 1. The van der Waals surface area contributed by atoms with Crippen LogP contribution in [0.3, 0.4) is 0 Å². The Kier molecular flexibility index (Phi) is 6.51. The maximum atomic E-state index is 13.1. The van der Waals surface area contributed by atoms with Gasteiger partial charge in [-0.05, 0) is 40.2 Å². The molecular weight excluding hydrogens is 416 g/mol. The van der Waals surface area contributed by atoms with Gasteiger partial charge in [-0.25, -0.2) is 13.6 Å². The molecule has 0 spiro atoms. The first-order valence-corrected chi connectivity index (χ1v) is 7.98. The van der Waals surface area contributed by atoms with Crippen molar-refractivity contribution >= 4 is 33.5 Å². The van der Waals surface area contributed by atoms with Gasteiger partial charge in [0.15, 0.2) is 6.61 Å². The maximum Gasteiger partial charge on any atom is 0.338 e. The van der Waals surface area contributed by atoms with E-state index in [1.54, 1.807) is 0 Å². The highest BCUT2D eigenvalue weighted by Crippen LogP contribution is 2.35. The number of carbonyl (C=O) groups is 2. The monoisotopic (exact) mass is 429 g/mol. The number of esters is 1. The zero-order valence-electron chi connectivity index (χ0n) is 13.8. The van der Waals surface area contributed by atoms with Crippen LogP contribution in [0.4, 0.5) is 14.5 Å². The van der Waals surface area contributed by atoms with Gasteiger partial charge in [0.1, 0.15) is 27.6 Å². The van der Waals surface area contributed by atoms with Crippen LogP contribution in [0.2, 0.25) is 0 Å². The summed E-state index contributed by atoms with van der Waals surface area (Å²) in [6.45, 7) is -0.641. The van der Waals surface area contributed by atoms with Crippen LogP contribution in [0.15, 0.2) is 34.8 Å². The van der Waals surface area contributed by atoms with Crippen LogP contribution in [0.25, 0.3) is 0 Å². The summed E-state index contributed by atoms with van der Waals surface area (Å²) >= 11 is 3.27. The Morgan fingerprint density at radius 2 is 1.54 bits per heavy atom. The second-order valence-corrected chi connectivity index (χ2v) is 5.77. The number of anilines is 1. The highest BCUT2D eigenvalue weighted by molar-refractivity contribution is 9.10. The molecule has 9 heteroatoms. The molecule has 0 bridgehead atoms. The minimum atomic E-state index is -0.841. The molecule has 0 unspecified atom stereocenters. The molecule has 0 aliphatic heterocycles. The zero-order valence-corrected chi connectivity index (χ0v) is 15.4. The van der Waals surface area contributed by atoms with Crippen molar-refractivity contribution in [3.63, 3.8) is 0 Å². The van der Waals surface area contributed by atoms with Gasteiger partial charge in [0.25, 0.3) is 5.91 Å². The van der Waals surface area contributed by atoms with Gasteiger partial charge in [-0.3, -0.25) is 4.79 Å². The lowest BCUT2D eigenvalue weighted by Gasteiger charge is -2.11. The summed E-state index contributed by atoms with van der Waals surface area (Å²) in [5, 5.41) is 2.23. The van der Waals surface area contributed by atoms with Crippen molar-refractivity contribution in [3.8, 4) is 11.5 Å². The second-order valence-electron chi connectivity index (χ2n) is 4.98. The van der Waals surface area contributed by atoms with Gasteiger partial charge in [0.05, 0.1) is 19.8 Å². The highest BCUT2D eigenvalue weighted by Gasteiger charge is 2.17. The fraction of sp³-hybridized carbons (Fsp3) is 0.176. The Bertz CT molecular complexity index is 799. The van der Waals surface area contributed by atoms with Crippen molar-refractivity contribution in [1.82, 2.24) is 0 Å². The standard InChI is InChI=1S/C17H14BrF2NO5/c1-24-13-3-9(4-14(25-2)16(13)18)17(23)26-8-15(22)21-12-6-10(19)5-11(20)7-12/h3-7H,8H2,1-2H3,(H,21,22). The van der Waals surface area contributed by atoms with E-state index in [0.717, 1.165) is 12.1 Å². The largest absolute Gasteiger partial charge is 0.495 e. The predicted octanol–water partition coefficient (Wildman–Crippen LogP) is 3.54. The lowest BCUT2D eigenvalue weighted by atomic mass is 10.2. The van der Waals surface area contributed by atoms with Crippen molar-refractivity contribution in [1.29, 1.82) is 0 Å². The van der Waals surface area contributed by atoms with Crippen molar-refractivity contribution in [2.75, 3.05) is 26.1 Å². The van der Waals surface area contributed by atoms with Crippen molar-refractivity contribution in [3.05, 3.63) is 52.0 Å². The number of ether oxygens (including phenoxy) is 3. The smallest absolute Gasteiger partial charge is 0.338 e. The average Bonchev–Trinajstić information content (AvgIpc) is 2.59. The van der Waals surface area contributed by atoms with E-state index < -0.39 is 30.1 Å². The molecule has 0 aromatic heterocycles. The molecule has 0 fully saturated rings. The fourth-order valence-electron chi connectivity index (χ4n) is 2.02. The minimum absolute atomic E-state index is 0.0875. The van der Waals surface area contributed by atoms with E-state index in [9.17, 15) is 18.4 Å². The zero-order chi connectivity index (χ0) is 19.3. The van der Waals surface area contributed by atoms with Gasteiger partial charge in [-0.15, -0.1) is 0 Å². The molecule has 0 saturated carbocycles. The number of nitrogens with one attached hydrogen (secondary N) is 1. The predicted molar refractivity (Wildman–Crippen MR) is 92.5 cm³/mol. The Morgan fingerprint density at radius 1 is 1.00 bits per heavy atom. The Morgan fingerprint density at radius 3 is 2.04 bits per heavy atom. The minimum Gasteiger partial charge on any atom is -0.495 e. The molecule has 138 valence electrons. The summed E-state index contributed by atoms with van der Waals surface area (Å²) in [7, 11) is 2.83. The van der Waals surface area contributed by atoms with Gasteiger partial charge in [0, 0.05) is 11.8 Å². The topological polar surface area (TPSA) is 73.9 Å². The Labute approximate surface area is 156 Å². The summed E-state index contributed by atoms with van der Waals surface area (Å²) < 4.78 is 41.8. The van der Waals surface area contributed by atoms with Crippen molar-refractivity contribution < 1.29 is 32.6 Å². The van der Waals surface area contributed by atoms with E-state index in [1.807, 2.05) is 0 Å². The molecule has 0 atom stereocenters. The molecule has 0 radical (unpaired) electrons. The van der Waals surface area contributed by atoms with E-state index in [-0.39, 0.29) is 11.3 Å². The lowest BCUT2D eigenvalue weighted by Crippen LogP contribution is -2.21. The Hall–Kier alpha value is -2.68. The van der Waals surface area contributed by atoms with Crippen LogP contribution >= 0.6 is 15.9 Å². The SMILES string of the molecule is COc1cc(C(=O)OCC(=O)Nc2cc(F)cc(F)c2)cc(OC)c1Br. The van der Waals surface area contributed by atoms with E-state index in [1.165, 1.54) is 26.4 Å². The first-order chi connectivity index (χ1) is 12.3. The van der Waals surface area contributed by atoms with Gasteiger partial charge in [-0.2, -0.15) is 0 Å². The summed E-state index contributed by atoms with van der Waals surface area (Å²) in [6.07, 6.45) is 0. The number of methoxy groups -OCH3 is 2. The summed E-state index contributed by atoms with van der Waals surface area (Å²) in [5.41, 5.74) is 0.0158. The van der Waals surface area contributed by atoms with E-state index in [0.29, 0.717) is 22.0 Å². The molecule has 2 rings (SSSR count). The maximum absolute atomic E-state index is 13.1. The third-order valence-electron chi connectivity index (χ3n) is 3.16. The van der Waals surface area contributed by atoms with Gasteiger partial charge < -0.3 is 19.5 Å². The van der Waals surface area contributed by atoms with Crippen molar-refractivity contribution in [2.45, 2.75) is 0 Å². The van der Waals surface area contributed by atoms with Crippen LogP contribution in [-0.2, 0) is 9.53 Å². The summed E-state index contributed by atoms with van der Waals surface area (Å²) in [5.74, 6) is -2.54. The van der Waals surface area contributed by atoms with E-state index in [4.69, 9.17) is 14.2 Å². The fourth-order valence-corrected chi connectivity index (χ4v) is 2.58. The molecule has 0 saturated heterocycles.